The third-order valence-corrected chi connectivity index (χ3v) is 2.47. The lowest BCUT2D eigenvalue weighted by Gasteiger charge is -2.09. The summed E-state index contributed by atoms with van der Waals surface area (Å²) in [5.74, 6) is 0. The van der Waals surface area contributed by atoms with E-state index in [-0.39, 0.29) is 0 Å². The molecule has 0 unspecified atom stereocenters. The van der Waals surface area contributed by atoms with Crippen LogP contribution >= 0.6 is 0 Å². The molecule has 0 spiro atoms. The Bertz CT molecular complexity index is 535. The summed E-state index contributed by atoms with van der Waals surface area (Å²) in [6.07, 6.45) is 0.622. The van der Waals surface area contributed by atoms with Crippen molar-refractivity contribution in [1.82, 2.24) is 0 Å². The molecule has 0 aliphatic heterocycles. The van der Waals surface area contributed by atoms with Crippen molar-refractivity contribution in [3.63, 3.8) is 0 Å². The number of hydrogen-bond donors (Lipinski definition) is 2. The summed E-state index contributed by atoms with van der Waals surface area (Å²) in [6.45, 7) is 0. The molecule has 84 valence electrons. The lowest BCUT2D eigenvalue weighted by molar-refractivity contribution is -0.105. The molecular weight excluding hydrogens is 212 g/mol. The van der Waals surface area contributed by atoms with E-state index in [0.29, 0.717) is 23.4 Å². The smallest absolute Gasteiger partial charge is 0.211 e. The second kappa shape index (κ2) is 5.07. The first kappa shape index (κ1) is 11.1. The fraction of sp³-hybridized carbons (Fsp3) is 0. The number of para-hydroxylation sites is 1. The Morgan fingerprint density at radius 1 is 1.00 bits per heavy atom. The van der Waals surface area contributed by atoms with Gasteiger partial charge in [-0.3, -0.25) is 10.2 Å². The Morgan fingerprint density at radius 2 is 1.65 bits per heavy atom. The van der Waals surface area contributed by atoms with Gasteiger partial charge in [0, 0.05) is 16.8 Å². The van der Waals surface area contributed by atoms with E-state index in [1.54, 1.807) is 6.07 Å². The topological polar surface area (TPSA) is 53.0 Å². The van der Waals surface area contributed by atoms with E-state index in [1.165, 1.54) is 0 Å². The van der Waals surface area contributed by atoms with Crippen molar-refractivity contribution < 1.29 is 4.79 Å². The van der Waals surface area contributed by atoms with Crippen LogP contribution in [0.25, 0.3) is 0 Å². The highest BCUT2D eigenvalue weighted by atomic mass is 16.1. The molecule has 0 radical (unpaired) electrons. The van der Waals surface area contributed by atoms with E-state index in [0.717, 1.165) is 5.56 Å². The van der Waals surface area contributed by atoms with Gasteiger partial charge in [0.25, 0.3) is 0 Å². The molecular formula is C14H12N2O. The van der Waals surface area contributed by atoms with E-state index in [2.05, 4.69) is 5.32 Å². The van der Waals surface area contributed by atoms with Crippen LogP contribution in [0, 0.1) is 5.41 Å². The summed E-state index contributed by atoms with van der Waals surface area (Å²) in [4.78, 5) is 10.5. The van der Waals surface area contributed by atoms with Crippen LogP contribution in [0.3, 0.4) is 0 Å². The molecule has 0 saturated carbocycles. The molecule has 2 N–H and O–H groups in total. The summed E-state index contributed by atoms with van der Waals surface area (Å²) in [5.41, 5.74) is 2.59. The van der Waals surface area contributed by atoms with Crippen LogP contribution in [0.15, 0.2) is 54.6 Å². The predicted molar refractivity (Wildman–Crippen MR) is 68.5 cm³/mol. The maximum atomic E-state index is 10.5. The number of carbonyl (C=O) groups excluding carboxylic acids is 1. The molecule has 3 nitrogen and oxygen atoms in total. The number of hydrogen-bond acceptors (Lipinski definition) is 2. The third-order valence-electron chi connectivity index (χ3n) is 2.47. The van der Waals surface area contributed by atoms with Crippen LogP contribution in [0.2, 0.25) is 0 Å². The Hall–Kier alpha value is -2.42. The highest BCUT2D eigenvalue weighted by Gasteiger charge is 2.08. The number of carbonyl (C=O) groups is 1. The van der Waals surface area contributed by atoms with Crippen LogP contribution < -0.4 is 5.32 Å². The quantitative estimate of drug-likeness (QED) is 0.608. The second-order valence-electron chi connectivity index (χ2n) is 3.55. The molecule has 0 aromatic heterocycles. The van der Waals surface area contributed by atoms with E-state index < -0.39 is 0 Å². The number of amides is 1. The van der Waals surface area contributed by atoms with Crippen molar-refractivity contribution >= 4 is 17.8 Å². The van der Waals surface area contributed by atoms with Gasteiger partial charge in [0.1, 0.15) is 0 Å². The normalized spacial score (nSPS) is 9.65. The molecule has 0 fully saturated rings. The fourth-order valence-electron chi connectivity index (χ4n) is 1.65. The Morgan fingerprint density at radius 3 is 2.35 bits per heavy atom. The van der Waals surface area contributed by atoms with E-state index in [9.17, 15) is 4.79 Å². The largest absolute Gasteiger partial charge is 0.328 e. The van der Waals surface area contributed by atoms with Gasteiger partial charge >= 0.3 is 0 Å². The number of rotatable bonds is 4. The first-order valence-electron chi connectivity index (χ1n) is 5.26. The SMILES string of the molecule is N=C(c1ccccc1)c1ccccc1NC=O. The van der Waals surface area contributed by atoms with Gasteiger partial charge in [-0.2, -0.15) is 0 Å². The van der Waals surface area contributed by atoms with Gasteiger partial charge in [-0.1, -0.05) is 48.5 Å². The summed E-state index contributed by atoms with van der Waals surface area (Å²) < 4.78 is 0. The first-order chi connectivity index (χ1) is 8.33. The van der Waals surface area contributed by atoms with E-state index in [1.807, 2.05) is 48.5 Å². The van der Waals surface area contributed by atoms with Crippen molar-refractivity contribution in [1.29, 1.82) is 5.41 Å². The second-order valence-corrected chi connectivity index (χ2v) is 3.55. The van der Waals surface area contributed by atoms with Crippen molar-refractivity contribution in [2.24, 2.45) is 0 Å². The predicted octanol–water partition coefficient (Wildman–Crippen LogP) is 2.67. The molecule has 2 aromatic rings. The molecule has 0 saturated heterocycles. The summed E-state index contributed by atoms with van der Waals surface area (Å²) in [5, 5.41) is 10.7. The lowest BCUT2D eigenvalue weighted by Crippen LogP contribution is -2.06. The molecule has 2 rings (SSSR count). The van der Waals surface area contributed by atoms with Gasteiger partial charge in [-0.25, -0.2) is 0 Å². The van der Waals surface area contributed by atoms with Gasteiger partial charge in [-0.15, -0.1) is 0 Å². The summed E-state index contributed by atoms with van der Waals surface area (Å²) >= 11 is 0. The zero-order chi connectivity index (χ0) is 12.1. The fourth-order valence-corrected chi connectivity index (χ4v) is 1.65. The molecule has 0 aliphatic rings. The van der Waals surface area contributed by atoms with Crippen molar-refractivity contribution in [2.45, 2.75) is 0 Å². The lowest BCUT2D eigenvalue weighted by atomic mass is 10.0. The van der Waals surface area contributed by atoms with Gasteiger partial charge in [-0.05, 0) is 6.07 Å². The average Bonchev–Trinajstić information content (AvgIpc) is 2.40. The van der Waals surface area contributed by atoms with Gasteiger partial charge in [0.05, 0.1) is 5.71 Å². The Labute approximate surface area is 99.6 Å². The van der Waals surface area contributed by atoms with Crippen molar-refractivity contribution in [3.05, 3.63) is 65.7 Å². The van der Waals surface area contributed by atoms with Crippen LogP contribution in [-0.2, 0) is 4.79 Å². The maximum absolute atomic E-state index is 10.5. The zero-order valence-electron chi connectivity index (χ0n) is 9.18. The van der Waals surface area contributed by atoms with Crippen LogP contribution in [0.1, 0.15) is 11.1 Å². The number of nitrogens with one attached hydrogen (secondary N) is 2. The molecule has 0 bridgehead atoms. The Balaban J connectivity index is 2.40. The standard InChI is InChI=1S/C14H12N2O/c15-14(11-6-2-1-3-7-11)12-8-4-5-9-13(12)16-10-17/h1-10,15H,(H,16,17). The molecule has 0 heterocycles. The third kappa shape index (κ3) is 2.39. The monoisotopic (exact) mass is 224 g/mol. The van der Waals surface area contributed by atoms with Gasteiger partial charge < -0.3 is 5.32 Å². The minimum absolute atomic E-state index is 0.399. The molecule has 17 heavy (non-hydrogen) atoms. The molecule has 0 aliphatic carbocycles. The van der Waals surface area contributed by atoms with Crippen LogP contribution in [-0.4, -0.2) is 12.1 Å². The van der Waals surface area contributed by atoms with Gasteiger partial charge in [0.2, 0.25) is 6.41 Å². The highest BCUT2D eigenvalue weighted by Crippen LogP contribution is 2.18. The molecule has 1 amide bonds. The van der Waals surface area contributed by atoms with Crippen LogP contribution in [0.4, 0.5) is 5.69 Å². The van der Waals surface area contributed by atoms with E-state index >= 15 is 0 Å². The first-order valence-corrected chi connectivity index (χ1v) is 5.26. The molecule has 0 atom stereocenters. The minimum Gasteiger partial charge on any atom is -0.328 e. The average molecular weight is 224 g/mol. The van der Waals surface area contributed by atoms with Crippen molar-refractivity contribution in [2.75, 3.05) is 5.32 Å². The highest BCUT2D eigenvalue weighted by molar-refractivity contribution is 6.14. The Kier molecular flexibility index (Phi) is 3.31. The number of anilines is 1. The maximum Gasteiger partial charge on any atom is 0.211 e. The summed E-state index contributed by atoms with van der Waals surface area (Å²) in [7, 11) is 0. The van der Waals surface area contributed by atoms with Crippen LogP contribution in [0.5, 0.6) is 0 Å². The van der Waals surface area contributed by atoms with E-state index in [4.69, 9.17) is 5.41 Å². The summed E-state index contributed by atoms with van der Waals surface area (Å²) in [6, 6.07) is 16.7. The minimum atomic E-state index is 0.399. The molecule has 3 heteroatoms. The number of benzene rings is 2. The molecule has 2 aromatic carbocycles. The zero-order valence-corrected chi connectivity index (χ0v) is 9.18. The van der Waals surface area contributed by atoms with Crippen molar-refractivity contribution in [3.8, 4) is 0 Å². The van der Waals surface area contributed by atoms with Gasteiger partial charge in [0.15, 0.2) is 0 Å².